The molecular formula is C17H19N5O4S. The molecule has 0 atom stereocenters. The quantitative estimate of drug-likeness (QED) is 0.585. The van der Waals surface area contributed by atoms with Crippen LogP contribution in [0, 0.1) is 0 Å². The lowest BCUT2D eigenvalue weighted by molar-refractivity contribution is 0.0469. The van der Waals surface area contributed by atoms with E-state index in [1.807, 2.05) is 6.92 Å². The predicted octanol–water partition coefficient (Wildman–Crippen LogP) is 1.29. The first kappa shape index (κ1) is 18.9. The Bertz CT molecular complexity index is 1090. The van der Waals surface area contributed by atoms with Crippen LogP contribution in [0.2, 0.25) is 0 Å². The minimum atomic E-state index is -3.55. The van der Waals surface area contributed by atoms with Gasteiger partial charge in [-0.25, -0.2) is 27.0 Å². The first-order chi connectivity index (χ1) is 12.8. The van der Waals surface area contributed by atoms with Gasteiger partial charge in [0.2, 0.25) is 10.0 Å². The topological polar surface area (TPSA) is 107 Å². The number of rotatable bonds is 6. The standard InChI is InChI=1S/C17H19N5O4S/c1-4-15-14(9-18-17-19-11-20-22(15)17)16(23)26-10-12-6-5-7-13(8-12)27(24,25)21(2)3/h5-9,11H,4,10H2,1-3H3. The molecule has 3 aromatic rings. The highest BCUT2D eigenvalue weighted by Crippen LogP contribution is 2.17. The summed E-state index contributed by atoms with van der Waals surface area (Å²) >= 11 is 0. The summed E-state index contributed by atoms with van der Waals surface area (Å²) in [5, 5.41) is 4.07. The average molecular weight is 389 g/mol. The first-order valence-corrected chi connectivity index (χ1v) is 9.64. The molecule has 0 aliphatic rings. The fourth-order valence-electron chi connectivity index (χ4n) is 2.57. The number of fused-ring (bicyclic) bond motifs is 1. The lowest BCUT2D eigenvalue weighted by atomic mass is 10.2. The molecule has 0 saturated carbocycles. The number of esters is 1. The molecule has 0 spiro atoms. The summed E-state index contributed by atoms with van der Waals surface area (Å²) in [7, 11) is -0.635. The van der Waals surface area contributed by atoms with Crippen molar-refractivity contribution in [1.82, 2.24) is 23.9 Å². The number of aromatic nitrogens is 4. The van der Waals surface area contributed by atoms with E-state index in [1.165, 1.54) is 43.3 Å². The average Bonchev–Trinajstić information content (AvgIpc) is 3.14. The van der Waals surface area contributed by atoms with Crippen LogP contribution in [0.25, 0.3) is 5.78 Å². The third kappa shape index (κ3) is 3.67. The fraction of sp³-hybridized carbons (Fsp3) is 0.294. The largest absolute Gasteiger partial charge is 0.457 e. The number of nitrogens with zero attached hydrogens (tertiary/aromatic N) is 5. The van der Waals surface area contributed by atoms with E-state index in [4.69, 9.17) is 4.74 Å². The highest BCUT2D eigenvalue weighted by Gasteiger charge is 2.19. The van der Waals surface area contributed by atoms with Gasteiger partial charge < -0.3 is 4.74 Å². The van der Waals surface area contributed by atoms with E-state index in [2.05, 4.69) is 15.1 Å². The van der Waals surface area contributed by atoms with E-state index in [0.717, 1.165) is 4.31 Å². The monoisotopic (exact) mass is 389 g/mol. The van der Waals surface area contributed by atoms with Gasteiger partial charge >= 0.3 is 5.97 Å². The van der Waals surface area contributed by atoms with Gasteiger partial charge in [-0.1, -0.05) is 19.1 Å². The predicted molar refractivity (Wildman–Crippen MR) is 96.6 cm³/mol. The Balaban J connectivity index is 1.81. The fourth-order valence-corrected chi connectivity index (χ4v) is 3.54. The van der Waals surface area contributed by atoms with Crippen LogP contribution in [0.4, 0.5) is 0 Å². The van der Waals surface area contributed by atoms with Crippen LogP contribution in [0.15, 0.2) is 41.7 Å². The molecule has 0 amide bonds. The van der Waals surface area contributed by atoms with Crippen LogP contribution in [0.3, 0.4) is 0 Å². The Morgan fingerprint density at radius 3 is 2.74 bits per heavy atom. The zero-order valence-corrected chi connectivity index (χ0v) is 16.0. The van der Waals surface area contributed by atoms with Crippen molar-refractivity contribution in [3.05, 3.63) is 53.6 Å². The minimum Gasteiger partial charge on any atom is -0.457 e. The van der Waals surface area contributed by atoms with Crippen molar-refractivity contribution < 1.29 is 17.9 Å². The van der Waals surface area contributed by atoms with Gasteiger partial charge in [0, 0.05) is 20.3 Å². The second kappa shape index (κ2) is 7.41. The second-order valence-electron chi connectivity index (χ2n) is 5.95. The number of ether oxygens (including phenoxy) is 1. The van der Waals surface area contributed by atoms with Crippen molar-refractivity contribution in [3.63, 3.8) is 0 Å². The maximum Gasteiger partial charge on any atom is 0.341 e. The maximum absolute atomic E-state index is 12.5. The summed E-state index contributed by atoms with van der Waals surface area (Å²) in [5.41, 5.74) is 1.51. The Labute approximate surface area is 156 Å². The van der Waals surface area contributed by atoms with Gasteiger partial charge in [0.25, 0.3) is 5.78 Å². The number of carbonyl (C=O) groups excluding carboxylic acids is 1. The number of hydrogen-bond donors (Lipinski definition) is 0. The lowest BCUT2D eigenvalue weighted by Gasteiger charge is -2.13. The van der Waals surface area contributed by atoms with Gasteiger partial charge in [-0.05, 0) is 24.1 Å². The molecule has 0 bridgehead atoms. The number of benzene rings is 1. The van der Waals surface area contributed by atoms with Gasteiger partial charge in [0.1, 0.15) is 12.9 Å². The molecule has 142 valence electrons. The van der Waals surface area contributed by atoms with E-state index < -0.39 is 16.0 Å². The van der Waals surface area contributed by atoms with Gasteiger partial charge in [-0.3, -0.25) is 0 Å². The molecule has 0 aliphatic heterocycles. The number of carbonyl (C=O) groups is 1. The third-order valence-electron chi connectivity index (χ3n) is 4.01. The summed E-state index contributed by atoms with van der Waals surface area (Å²) in [4.78, 5) is 20.7. The Hall–Kier alpha value is -2.85. The lowest BCUT2D eigenvalue weighted by Crippen LogP contribution is -2.22. The molecule has 2 heterocycles. The Morgan fingerprint density at radius 2 is 2.04 bits per heavy atom. The normalized spacial score (nSPS) is 11.9. The van der Waals surface area contributed by atoms with E-state index in [0.29, 0.717) is 29.0 Å². The molecule has 2 aromatic heterocycles. The minimum absolute atomic E-state index is 0.0613. The zero-order valence-electron chi connectivity index (χ0n) is 15.2. The van der Waals surface area contributed by atoms with Crippen molar-refractivity contribution in [2.24, 2.45) is 0 Å². The van der Waals surface area contributed by atoms with E-state index in [9.17, 15) is 13.2 Å². The van der Waals surface area contributed by atoms with Gasteiger partial charge in [0.05, 0.1) is 16.2 Å². The van der Waals surface area contributed by atoms with Crippen molar-refractivity contribution in [3.8, 4) is 0 Å². The van der Waals surface area contributed by atoms with E-state index in [1.54, 1.807) is 12.1 Å². The maximum atomic E-state index is 12.5. The third-order valence-corrected chi connectivity index (χ3v) is 5.82. The van der Waals surface area contributed by atoms with Crippen LogP contribution >= 0.6 is 0 Å². The highest BCUT2D eigenvalue weighted by molar-refractivity contribution is 7.89. The Kier molecular flexibility index (Phi) is 5.19. The molecule has 0 N–H and O–H groups in total. The van der Waals surface area contributed by atoms with Gasteiger partial charge in [-0.15, -0.1) is 0 Å². The van der Waals surface area contributed by atoms with Crippen LogP contribution in [-0.4, -0.2) is 52.4 Å². The first-order valence-electron chi connectivity index (χ1n) is 8.20. The highest BCUT2D eigenvalue weighted by atomic mass is 32.2. The van der Waals surface area contributed by atoms with Gasteiger partial charge in [0.15, 0.2) is 0 Å². The molecule has 0 unspecified atom stereocenters. The summed E-state index contributed by atoms with van der Waals surface area (Å²) in [6.07, 6.45) is 3.33. The zero-order chi connectivity index (χ0) is 19.6. The van der Waals surface area contributed by atoms with Crippen LogP contribution < -0.4 is 0 Å². The molecule has 9 nitrogen and oxygen atoms in total. The van der Waals surface area contributed by atoms with Crippen LogP contribution in [-0.2, 0) is 27.8 Å². The smallest absolute Gasteiger partial charge is 0.341 e. The molecule has 1 aromatic carbocycles. The molecule has 10 heteroatoms. The number of aryl methyl sites for hydroxylation is 1. The molecular weight excluding hydrogens is 370 g/mol. The SMILES string of the molecule is CCc1c(C(=O)OCc2cccc(S(=O)(=O)N(C)C)c2)cnc2ncnn12. The summed E-state index contributed by atoms with van der Waals surface area (Å²) < 4.78 is 32.4. The van der Waals surface area contributed by atoms with E-state index in [-0.39, 0.29) is 11.5 Å². The molecule has 27 heavy (non-hydrogen) atoms. The van der Waals surface area contributed by atoms with Crippen molar-refractivity contribution in [2.75, 3.05) is 14.1 Å². The second-order valence-corrected chi connectivity index (χ2v) is 8.11. The van der Waals surface area contributed by atoms with Crippen molar-refractivity contribution >= 4 is 21.8 Å². The van der Waals surface area contributed by atoms with Crippen LogP contribution in [0.5, 0.6) is 0 Å². The molecule has 3 rings (SSSR count). The molecule has 0 radical (unpaired) electrons. The summed E-state index contributed by atoms with van der Waals surface area (Å²) in [6, 6.07) is 6.29. The molecule has 0 aliphatic carbocycles. The van der Waals surface area contributed by atoms with Crippen molar-refractivity contribution in [2.45, 2.75) is 24.8 Å². The summed E-state index contributed by atoms with van der Waals surface area (Å²) in [5.74, 6) is -0.150. The molecule has 0 saturated heterocycles. The number of sulfonamides is 1. The Morgan fingerprint density at radius 1 is 1.26 bits per heavy atom. The van der Waals surface area contributed by atoms with E-state index >= 15 is 0 Å². The van der Waals surface area contributed by atoms with Gasteiger partial charge in [-0.2, -0.15) is 10.1 Å². The number of hydrogen-bond acceptors (Lipinski definition) is 7. The molecule has 0 fully saturated rings. The van der Waals surface area contributed by atoms with Crippen molar-refractivity contribution in [1.29, 1.82) is 0 Å². The van der Waals surface area contributed by atoms with Crippen LogP contribution in [0.1, 0.15) is 28.5 Å². The summed E-state index contributed by atoms with van der Waals surface area (Å²) in [6.45, 7) is 1.83.